The van der Waals surface area contributed by atoms with Crippen LogP contribution in [0.2, 0.25) is 0 Å². The Morgan fingerprint density at radius 2 is 1.65 bits per heavy atom. The molecule has 1 N–H and O–H groups in total. The normalized spacial score (nSPS) is 50.1. The van der Waals surface area contributed by atoms with Crippen LogP contribution < -0.4 is 5.32 Å². The lowest BCUT2D eigenvalue weighted by Gasteiger charge is -2.59. The summed E-state index contributed by atoms with van der Waals surface area (Å²) < 4.78 is 0. The molecule has 5 rings (SSSR count). The molecule has 3 nitrogen and oxygen atoms in total. The summed E-state index contributed by atoms with van der Waals surface area (Å²) in [5.41, 5.74) is 0.0110. The van der Waals surface area contributed by atoms with E-state index in [0.717, 1.165) is 30.2 Å². The first-order chi connectivity index (χ1) is 9.49. The second-order valence-corrected chi connectivity index (χ2v) is 8.46. The third-order valence-corrected chi connectivity index (χ3v) is 7.09. The molecule has 0 aromatic heterocycles. The van der Waals surface area contributed by atoms with Crippen LogP contribution in [0.3, 0.4) is 0 Å². The van der Waals surface area contributed by atoms with Crippen molar-refractivity contribution in [1.29, 1.82) is 0 Å². The van der Waals surface area contributed by atoms with Crippen LogP contribution in [-0.2, 0) is 0 Å². The fourth-order valence-electron chi connectivity index (χ4n) is 5.93. The monoisotopic (exact) mass is 276 g/mol. The summed E-state index contributed by atoms with van der Waals surface area (Å²) in [4.78, 5) is 14.8. The lowest BCUT2D eigenvalue weighted by atomic mass is 9.53. The molecule has 0 aromatic carbocycles. The van der Waals surface area contributed by atoms with E-state index in [1.54, 1.807) is 0 Å². The van der Waals surface area contributed by atoms with Crippen molar-refractivity contribution in [2.24, 2.45) is 29.6 Å². The molecule has 0 radical (unpaired) electrons. The van der Waals surface area contributed by atoms with Gasteiger partial charge in [0, 0.05) is 12.6 Å². The lowest BCUT2D eigenvalue weighted by molar-refractivity contribution is -0.0755. The van der Waals surface area contributed by atoms with E-state index >= 15 is 0 Å². The smallest absolute Gasteiger partial charge is 0.318 e. The highest BCUT2D eigenvalue weighted by Crippen LogP contribution is 2.56. The van der Waals surface area contributed by atoms with E-state index in [2.05, 4.69) is 31.0 Å². The summed E-state index contributed by atoms with van der Waals surface area (Å²) in [6.45, 7) is 7.65. The SMILES string of the molecule is CC(C)C1(C)CNC(=O)N1C1C2CC3CC(C2)CC1C3. The van der Waals surface area contributed by atoms with E-state index in [-0.39, 0.29) is 11.6 Å². The maximum atomic E-state index is 12.5. The Labute approximate surface area is 122 Å². The molecule has 5 fully saturated rings. The number of carbonyl (C=O) groups is 1. The quantitative estimate of drug-likeness (QED) is 0.825. The van der Waals surface area contributed by atoms with Crippen LogP contribution in [-0.4, -0.2) is 29.1 Å². The number of rotatable bonds is 2. The van der Waals surface area contributed by atoms with Crippen LogP contribution in [0.1, 0.15) is 52.9 Å². The Kier molecular flexibility index (Phi) is 2.69. The van der Waals surface area contributed by atoms with Gasteiger partial charge in [0.15, 0.2) is 0 Å². The zero-order chi connectivity index (χ0) is 14.1. The second kappa shape index (κ2) is 4.14. The topological polar surface area (TPSA) is 32.3 Å². The number of hydrogen-bond acceptors (Lipinski definition) is 1. The summed E-state index contributed by atoms with van der Waals surface area (Å²) in [5.74, 6) is 4.04. The summed E-state index contributed by atoms with van der Waals surface area (Å²) in [7, 11) is 0. The van der Waals surface area contributed by atoms with Crippen LogP contribution in [0.25, 0.3) is 0 Å². The van der Waals surface area contributed by atoms with Gasteiger partial charge in [-0.05, 0) is 68.6 Å². The van der Waals surface area contributed by atoms with E-state index in [0.29, 0.717) is 12.0 Å². The van der Waals surface area contributed by atoms with Crippen molar-refractivity contribution in [2.75, 3.05) is 6.54 Å². The highest BCUT2D eigenvalue weighted by atomic mass is 16.2. The van der Waals surface area contributed by atoms with E-state index in [1.807, 2.05) is 0 Å². The van der Waals surface area contributed by atoms with Crippen molar-refractivity contribution >= 4 is 6.03 Å². The summed E-state index contributed by atoms with van der Waals surface area (Å²) in [5, 5.41) is 3.14. The van der Waals surface area contributed by atoms with Gasteiger partial charge in [-0.15, -0.1) is 0 Å². The van der Waals surface area contributed by atoms with E-state index in [4.69, 9.17) is 0 Å². The van der Waals surface area contributed by atoms with Gasteiger partial charge in [-0.2, -0.15) is 0 Å². The zero-order valence-electron chi connectivity index (χ0n) is 13.1. The van der Waals surface area contributed by atoms with Crippen molar-refractivity contribution in [1.82, 2.24) is 10.2 Å². The Morgan fingerprint density at radius 1 is 1.10 bits per heavy atom. The predicted molar refractivity (Wildman–Crippen MR) is 79.3 cm³/mol. The van der Waals surface area contributed by atoms with Crippen molar-refractivity contribution in [3.05, 3.63) is 0 Å². The number of amides is 2. The largest absolute Gasteiger partial charge is 0.336 e. The molecule has 4 saturated carbocycles. The lowest BCUT2D eigenvalue weighted by Crippen LogP contribution is -2.62. The first-order valence-electron chi connectivity index (χ1n) is 8.56. The average Bonchev–Trinajstić information content (AvgIpc) is 2.67. The molecule has 5 aliphatic rings. The van der Waals surface area contributed by atoms with Crippen molar-refractivity contribution in [3.63, 3.8) is 0 Å². The van der Waals surface area contributed by atoms with E-state index < -0.39 is 0 Å². The molecule has 112 valence electrons. The minimum absolute atomic E-state index is 0.0110. The number of nitrogens with zero attached hydrogens (tertiary/aromatic N) is 1. The highest BCUT2D eigenvalue weighted by molar-refractivity contribution is 5.78. The van der Waals surface area contributed by atoms with E-state index in [1.165, 1.54) is 32.1 Å². The van der Waals surface area contributed by atoms with Gasteiger partial charge in [-0.3, -0.25) is 0 Å². The molecule has 4 bridgehead atoms. The maximum absolute atomic E-state index is 12.5. The van der Waals surface area contributed by atoms with Gasteiger partial charge in [0.1, 0.15) is 0 Å². The molecule has 0 spiro atoms. The summed E-state index contributed by atoms with van der Waals surface area (Å²) in [6.07, 6.45) is 7.02. The fraction of sp³-hybridized carbons (Fsp3) is 0.941. The van der Waals surface area contributed by atoms with Crippen LogP contribution in [0.4, 0.5) is 4.79 Å². The molecule has 1 aliphatic heterocycles. The van der Waals surface area contributed by atoms with Crippen LogP contribution >= 0.6 is 0 Å². The second-order valence-electron chi connectivity index (χ2n) is 8.46. The van der Waals surface area contributed by atoms with Crippen molar-refractivity contribution in [3.8, 4) is 0 Å². The van der Waals surface area contributed by atoms with Gasteiger partial charge in [-0.25, -0.2) is 4.79 Å². The number of hydrogen-bond donors (Lipinski definition) is 1. The third-order valence-electron chi connectivity index (χ3n) is 7.09. The van der Waals surface area contributed by atoms with Crippen LogP contribution in [0, 0.1) is 29.6 Å². The molecule has 0 aromatic rings. The predicted octanol–water partition coefficient (Wildman–Crippen LogP) is 3.25. The average molecular weight is 276 g/mol. The minimum atomic E-state index is 0.0110. The fourth-order valence-corrected chi connectivity index (χ4v) is 5.93. The molecule has 20 heavy (non-hydrogen) atoms. The van der Waals surface area contributed by atoms with Gasteiger partial charge >= 0.3 is 6.03 Å². The summed E-state index contributed by atoms with van der Waals surface area (Å²) in [6, 6.07) is 0.733. The van der Waals surface area contributed by atoms with E-state index in [9.17, 15) is 4.79 Å². The molecular formula is C17H28N2O. The van der Waals surface area contributed by atoms with Crippen molar-refractivity contribution < 1.29 is 4.79 Å². The van der Waals surface area contributed by atoms with Gasteiger partial charge in [-0.1, -0.05) is 13.8 Å². The minimum Gasteiger partial charge on any atom is -0.336 e. The van der Waals surface area contributed by atoms with Gasteiger partial charge in [0.25, 0.3) is 0 Å². The van der Waals surface area contributed by atoms with Crippen LogP contribution in [0.5, 0.6) is 0 Å². The Morgan fingerprint density at radius 3 is 2.15 bits per heavy atom. The van der Waals surface area contributed by atoms with Crippen molar-refractivity contribution in [2.45, 2.75) is 64.5 Å². The first kappa shape index (κ1) is 13.0. The molecule has 1 atom stereocenters. The number of carbonyl (C=O) groups excluding carboxylic acids is 1. The van der Waals surface area contributed by atoms with Crippen LogP contribution in [0.15, 0.2) is 0 Å². The highest BCUT2D eigenvalue weighted by Gasteiger charge is 2.56. The Balaban J connectivity index is 1.67. The Bertz CT molecular complexity index is 405. The molecular weight excluding hydrogens is 248 g/mol. The van der Waals surface area contributed by atoms with Gasteiger partial charge in [0.2, 0.25) is 0 Å². The zero-order valence-corrected chi connectivity index (χ0v) is 13.1. The number of urea groups is 1. The summed E-state index contributed by atoms with van der Waals surface area (Å²) >= 11 is 0. The molecule has 1 unspecified atom stereocenters. The molecule has 2 amide bonds. The van der Waals surface area contributed by atoms with Gasteiger partial charge < -0.3 is 10.2 Å². The third kappa shape index (κ3) is 1.61. The molecule has 3 heteroatoms. The molecule has 1 heterocycles. The molecule has 1 saturated heterocycles. The standard InChI is InChI=1S/C17H28N2O/c1-10(2)17(3)9-18-16(20)19(17)15-13-5-11-4-12(7-13)8-14(15)6-11/h10-15H,4-9H2,1-3H3,(H,18,20). The molecule has 4 aliphatic carbocycles. The number of nitrogens with one attached hydrogen (secondary N) is 1. The maximum Gasteiger partial charge on any atom is 0.318 e. The van der Waals surface area contributed by atoms with Gasteiger partial charge in [0.05, 0.1) is 5.54 Å². The Hall–Kier alpha value is -0.730. The first-order valence-corrected chi connectivity index (χ1v) is 8.56.